The highest BCUT2D eigenvalue weighted by Gasteiger charge is 2.51. The van der Waals surface area contributed by atoms with Crippen molar-refractivity contribution in [1.82, 2.24) is 0 Å². The molecule has 242 valence electrons. The number of rotatable bonds is 31. The van der Waals surface area contributed by atoms with Crippen molar-refractivity contribution in [3.05, 3.63) is 0 Å². The van der Waals surface area contributed by atoms with Crippen LogP contribution in [-0.2, 0) is 26.6 Å². The van der Waals surface area contributed by atoms with E-state index in [0.29, 0.717) is 0 Å². The molecule has 40 heavy (non-hydrogen) atoms. The maximum absolute atomic E-state index is 5.97. The van der Waals surface area contributed by atoms with Gasteiger partial charge < -0.3 is 26.6 Å². The van der Waals surface area contributed by atoms with E-state index in [9.17, 15) is 0 Å². The van der Waals surface area contributed by atoms with Crippen LogP contribution in [0.2, 0.25) is 0 Å². The Morgan fingerprint density at radius 2 is 0.600 bits per heavy atom. The molecule has 0 bridgehead atoms. The Morgan fingerprint density at radius 3 is 0.825 bits per heavy atom. The van der Waals surface area contributed by atoms with Crippen LogP contribution in [0, 0.1) is 0 Å². The fourth-order valence-electron chi connectivity index (χ4n) is 5.27. The zero-order valence-electron chi connectivity index (χ0n) is 27.6. The third-order valence-corrected chi connectivity index (χ3v) is 19.7. The lowest BCUT2D eigenvalue weighted by Gasteiger charge is -2.35. The predicted molar refractivity (Wildman–Crippen MR) is 180 cm³/mol. The SMILES string of the molecule is CCCCCCCCCCCC(SSC(CCCCCCCCCCC)[Si](OC)(OC)OC)[Si](OC)(OC)OC. The highest BCUT2D eigenvalue weighted by atomic mass is 33.1. The largest absolute Gasteiger partial charge is 0.514 e. The molecule has 0 aliphatic heterocycles. The molecule has 10 heteroatoms. The van der Waals surface area contributed by atoms with E-state index in [-0.39, 0.29) is 9.75 Å². The Labute approximate surface area is 259 Å². The van der Waals surface area contributed by atoms with E-state index in [0.717, 1.165) is 25.7 Å². The molecule has 0 aliphatic carbocycles. The van der Waals surface area contributed by atoms with Crippen LogP contribution in [0.3, 0.4) is 0 Å². The maximum atomic E-state index is 5.97. The summed E-state index contributed by atoms with van der Waals surface area (Å²) in [5, 5.41) is 0. The zero-order chi connectivity index (χ0) is 30.0. The molecule has 0 heterocycles. The molecule has 0 aromatic rings. The molecule has 6 nitrogen and oxygen atoms in total. The second-order valence-corrected chi connectivity index (χ2v) is 20.6. The standard InChI is InChI=1S/C30H66O6S2Si2/c1-9-11-13-15-17-19-21-23-25-27-29(39(31-3,32-4)33-5)37-38-30(40(34-6,35-7)36-8)28-26-24-22-20-18-16-14-12-10-2/h29-30H,9-28H2,1-8H3. The summed E-state index contributed by atoms with van der Waals surface area (Å²) in [6, 6.07) is 0. The highest BCUT2D eigenvalue weighted by Crippen LogP contribution is 2.43. The summed E-state index contributed by atoms with van der Waals surface area (Å²) in [5.41, 5.74) is 0. The van der Waals surface area contributed by atoms with E-state index in [1.807, 2.05) is 21.6 Å². The maximum Gasteiger partial charge on any atom is 0.514 e. The molecule has 0 amide bonds. The molecule has 0 radical (unpaired) electrons. The third kappa shape index (κ3) is 16.7. The Kier molecular flexibility index (Phi) is 28.1. The molecule has 0 aromatic heterocycles. The summed E-state index contributed by atoms with van der Waals surface area (Å²) in [6.07, 6.45) is 25.7. The van der Waals surface area contributed by atoms with Crippen molar-refractivity contribution in [2.75, 3.05) is 42.7 Å². The van der Waals surface area contributed by atoms with Crippen LogP contribution in [0.15, 0.2) is 0 Å². The number of unbranched alkanes of at least 4 members (excludes halogenated alkanes) is 16. The van der Waals surface area contributed by atoms with Gasteiger partial charge in [0.2, 0.25) is 0 Å². The first-order valence-corrected chi connectivity index (χ1v) is 22.0. The van der Waals surface area contributed by atoms with Crippen molar-refractivity contribution in [2.24, 2.45) is 0 Å². The van der Waals surface area contributed by atoms with Gasteiger partial charge in [0, 0.05) is 42.7 Å². The summed E-state index contributed by atoms with van der Waals surface area (Å²) in [6.45, 7) is 4.55. The van der Waals surface area contributed by atoms with Crippen molar-refractivity contribution in [1.29, 1.82) is 0 Å². The van der Waals surface area contributed by atoms with Crippen LogP contribution in [0.1, 0.15) is 142 Å². The van der Waals surface area contributed by atoms with Gasteiger partial charge >= 0.3 is 17.6 Å². The average molecular weight is 643 g/mol. The van der Waals surface area contributed by atoms with Crippen LogP contribution in [0.25, 0.3) is 0 Å². The minimum Gasteiger partial charge on any atom is -0.376 e. The minimum atomic E-state index is -2.82. The number of hydrogen-bond donors (Lipinski definition) is 0. The third-order valence-electron chi connectivity index (χ3n) is 7.92. The normalized spacial score (nSPS) is 14.1. The second kappa shape index (κ2) is 27.4. The Balaban J connectivity index is 5.05. The molecule has 0 rings (SSSR count). The topological polar surface area (TPSA) is 55.4 Å². The van der Waals surface area contributed by atoms with Crippen LogP contribution in [-0.4, -0.2) is 70.0 Å². The van der Waals surface area contributed by atoms with Gasteiger partial charge in [-0.1, -0.05) is 151 Å². The molecule has 0 fully saturated rings. The fraction of sp³-hybridized carbons (Fsp3) is 1.00. The van der Waals surface area contributed by atoms with Gasteiger partial charge in [-0.05, 0) is 12.8 Å². The van der Waals surface area contributed by atoms with Gasteiger partial charge in [-0.15, -0.1) is 0 Å². The van der Waals surface area contributed by atoms with E-state index >= 15 is 0 Å². The first kappa shape index (κ1) is 40.9. The summed E-state index contributed by atoms with van der Waals surface area (Å²) < 4.78 is 35.8. The molecule has 2 atom stereocenters. The smallest absolute Gasteiger partial charge is 0.376 e. The van der Waals surface area contributed by atoms with Crippen molar-refractivity contribution < 1.29 is 26.6 Å². The Morgan fingerprint density at radius 1 is 0.375 bits per heavy atom. The van der Waals surface area contributed by atoms with Crippen molar-refractivity contribution in [2.45, 2.75) is 152 Å². The zero-order valence-corrected chi connectivity index (χ0v) is 31.2. The predicted octanol–water partition coefficient (Wildman–Crippen LogP) is 9.78. The quantitative estimate of drug-likeness (QED) is 0.0421. The van der Waals surface area contributed by atoms with Gasteiger partial charge in [0.05, 0.1) is 9.75 Å². The second-order valence-electron chi connectivity index (χ2n) is 10.8. The van der Waals surface area contributed by atoms with E-state index in [4.69, 9.17) is 26.6 Å². The first-order chi connectivity index (χ1) is 19.5. The monoisotopic (exact) mass is 642 g/mol. The van der Waals surface area contributed by atoms with E-state index in [1.54, 1.807) is 42.7 Å². The first-order valence-electron chi connectivity index (χ1n) is 16.1. The molecule has 0 aromatic carbocycles. The molecule has 0 spiro atoms. The van der Waals surface area contributed by atoms with E-state index in [1.165, 1.54) is 103 Å². The van der Waals surface area contributed by atoms with Gasteiger partial charge in [-0.3, -0.25) is 0 Å². The number of hydrogen-bond acceptors (Lipinski definition) is 8. The Hall–Kier alpha value is 0.894. The van der Waals surface area contributed by atoms with Crippen molar-refractivity contribution in [3.63, 3.8) is 0 Å². The van der Waals surface area contributed by atoms with Gasteiger partial charge in [-0.25, -0.2) is 0 Å². The van der Waals surface area contributed by atoms with Gasteiger partial charge in [0.1, 0.15) is 0 Å². The van der Waals surface area contributed by atoms with Gasteiger partial charge in [0.15, 0.2) is 0 Å². The fourth-order valence-corrected chi connectivity index (χ4v) is 16.9. The average Bonchev–Trinajstić information content (AvgIpc) is 2.99. The lowest BCUT2D eigenvalue weighted by Crippen LogP contribution is -2.54. The van der Waals surface area contributed by atoms with Gasteiger partial charge in [0.25, 0.3) is 0 Å². The summed E-state index contributed by atoms with van der Waals surface area (Å²) in [7, 11) is 8.40. The molecule has 0 saturated carbocycles. The molecule has 2 unspecified atom stereocenters. The molecular weight excluding hydrogens is 577 g/mol. The summed E-state index contributed by atoms with van der Waals surface area (Å²) >= 11 is 0. The summed E-state index contributed by atoms with van der Waals surface area (Å²) in [5.74, 6) is 0. The minimum absolute atomic E-state index is 0.143. The highest BCUT2D eigenvalue weighted by molar-refractivity contribution is 8.77. The summed E-state index contributed by atoms with van der Waals surface area (Å²) in [4.78, 5) is 0.287. The van der Waals surface area contributed by atoms with E-state index < -0.39 is 17.6 Å². The van der Waals surface area contributed by atoms with Crippen molar-refractivity contribution in [3.8, 4) is 0 Å². The van der Waals surface area contributed by atoms with E-state index in [2.05, 4.69) is 13.8 Å². The van der Waals surface area contributed by atoms with Crippen LogP contribution in [0.4, 0.5) is 0 Å². The molecular formula is C30H66O6S2Si2. The van der Waals surface area contributed by atoms with Crippen molar-refractivity contribution >= 4 is 39.2 Å². The van der Waals surface area contributed by atoms with Crippen LogP contribution < -0.4 is 0 Å². The van der Waals surface area contributed by atoms with Crippen LogP contribution >= 0.6 is 21.6 Å². The molecule has 0 aliphatic rings. The lowest BCUT2D eigenvalue weighted by molar-refractivity contribution is 0.119. The Bertz CT molecular complexity index is 480. The van der Waals surface area contributed by atoms with Crippen LogP contribution in [0.5, 0.6) is 0 Å². The molecule has 0 N–H and O–H groups in total. The molecule has 0 saturated heterocycles. The lowest BCUT2D eigenvalue weighted by atomic mass is 10.1. The van der Waals surface area contributed by atoms with Gasteiger partial charge in [-0.2, -0.15) is 0 Å².